The second kappa shape index (κ2) is 3.25. The molecule has 0 aliphatic carbocycles. The second-order valence-corrected chi connectivity index (χ2v) is 3.88. The van der Waals surface area contributed by atoms with E-state index in [2.05, 4.69) is 5.73 Å². The van der Waals surface area contributed by atoms with Gasteiger partial charge in [0.2, 0.25) is 0 Å². The standard InChI is InChI=1S/C10H18O/c1-6-7-8-9(2,3)10(4,5)11/h6,8,11H,1-5H3. The van der Waals surface area contributed by atoms with Gasteiger partial charge < -0.3 is 5.11 Å². The van der Waals surface area contributed by atoms with Crippen LogP contribution in [0, 0.1) is 5.41 Å². The first-order valence-electron chi connectivity index (χ1n) is 3.92. The summed E-state index contributed by atoms with van der Waals surface area (Å²) in [6.45, 7) is 9.51. The summed E-state index contributed by atoms with van der Waals surface area (Å²) in [5.74, 6) is 0. The van der Waals surface area contributed by atoms with Crippen molar-refractivity contribution in [2.24, 2.45) is 5.41 Å². The van der Waals surface area contributed by atoms with Crippen LogP contribution in [0.4, 0.5) is 0 Å². The van der Waals surface area contributed by atoms with Gasteiger partial charge in [-0.1, -0.05) is 13.8 Å². The molecule has 64 valence electrons. The van der Waals surface area contributed by atoms with E-state index in [4.69, 9.17) is 0 Å². The topological polar surface area (TPSA) is 20.2 Å². The van der Waals surface area contributed by atoms with Gasteiger partial charge in [-0.2, -0.15) is 0 Å². The van der Waals surface area contributed by atoms with E-state index in [0.29, 0.717) is 0 Å². The Morgan fingerprint density at radius 2 is 1.64 bits per heavy atom. The zero-order valence-corrected chi connectivity index (χ0v) is 8.10. The summed E-state index contributed by atoms with van der Waals surface area (Å²) in [6, 6.07) is 0. The van der Waals surface area contributed by atoms with Crippen LogP contribution >= 0.6 is 0 Å². The third-order valence-corrected chi connectivity index (χ3v) is 2.19. The van der Waals surface area contributed by atoms with E-state index in [0.717, 1.165) is 0 Å². The Morgan fingerprint density at radius 1 is 1.18 bits per heavy atom. The maximum atomic E-state index is 9.69. The Bertz CT molecular complexity index is 176. The van der Waals surface area contributed by atoms with Gasteiger partial charge in [0.1, 0.15) is 0 Å². The molecule has 0 aromatic carbocycles. The van der Waals surface area contributed by atoms with Crippen LogP contribution in [0.3, 0.4) is 0 Å². The van der Waals surface area contributed by atoms with Crippen LogP contribution in [0.25, 0.3) is 0 Å². The van der Waals surface area contributed by atoms with Crippen molar-refractivity contribution in [1.82, 2.24) is 0 Å². The van der Waals surface area contributed by atoms with Crippen LogP contribution < -0.4 is 0 Å². The van der Waals surface area contributed by atoms with Crippen molar-refractivity contribution in [2.75, 3.05) is 0 Å². The summed E-state index contributed by atoms with van der Waals surface area (Å²) >= 11 is 0. The number of rotatable bonds is 2. The largest absolute Gasteiger partial charge is 0.390 e. The zero-order chi connectivity index (χ0) is 9.12. The first-order valence-corrected chi connectivity index (χ1v) is 3.92. The molecule has 0 radical (unpaired) electrons. The highest BCUT2D eigenvalue weighted by molar-refractivity contribution is 5.02. The van der Waals surface area contributed by atoms with Crippen LogP contribution in [0.1, 0.15) is 34.6 Å². The van der Waals surface area contributed by atoms with Gasteiger partial charge in [0.25, 0.3) is 0 Å². The fourth-order valence-corrected chi connectivity index (χ4v) is 0.468. The summed E-state index contributed by atoms with van der Waals surface area (Å²) in [4.78, 5) is 0. The monoisotopic (exact) mass is 154 g/mol. The van der Waals surface area contributed by atoms with Crippen molar-refractivity contribution >= 4 is 0 Å². The first kappa shape index (κ1) is 10.5. The molecule has 0 amide bonds. The highest BCUT2D eigenvalue weighted by Crippen LogP contribution is 2.30. The molecule has 1 N–H and O–H groups in total. The van der Waals surface area contributed by atoms with Gasteiger partial charge in [0.05, 0.1) is 5.60 Å². The molecule has 0 aliphatic heterocycles. The molecule has 0 spiro atoms. The van der Waals surface area contributed by atoms with E-state index in [1.165, 1.54) is 0 Å². The number of hydrogen-bond donors (Lipinski definition) is 1. The second-order valence-electron chi connectivity index (χ2n) is 3.88. The molecular weight excluding hydrogens is 136 g/mol. The van der Waals surface area contributed by atoms with E-state index in [1.54, 1.807) is 13.8 Å². The van der Waals surface area contributed by atoms with E-state index < -0.39 is 5.60 Å². The van der Waals surface area contributed by atoms with Gasteiger partial charge in [-0.3, -0.25) is 0 Å². The molecule has 0 aliphatic rings. The maximum Gasteiger partial charge on any atom is 0.0682 e. The van der Waals surface area contributed by atoms with Gasteiger partial charge in [-0.05, 0) is 32.9 Å². The number of hydrogen-bond acceptors (Lipinski definition) is 1. The Kier molecular flexibility index (Phi) is 3.10. The van der Waals surface area contributed by atoms with E-state index in [9.17, 15) is 5.11 Å². The third-order valence-electron chi connectivity index (χ3n) is 2.19. The smallest absolute Gasteiger partial charge is 0.0682 e. The van der Waals surface area contributed by atoms with E-state index in [-0.39, 0.29) is 5.41 Å². The summed E-state index contributed by atoms with van der Waals surface area (Å²) in [5.41, 5.74) is 2.07. The molecule has 0 bridgehead atoms. The molecular formula is C10H18O. The lowest BCUT2D eigenvalue weighted by atomic mass is 9.77. The minimum Gasteiger partial charge on any atom is -0.390 e. The van der Waals surface area contributed by atoms with E-state index >= 15 is 0 Å². The van der Waals surface area contributed by atoms with Gasteiger partial charge in [0.15, 0.2) is 0 Å². The minimum absolute atomic E-state index is 0.223. The van der Waals surface area contributed by atoms with Crippen molar-refractivity contribution < 1.29 is 5.11 Å². The highest BCUT2D eigenvalue weighted by Gasteiger charge is 2.32. The first-order chi connectivity index (χ1) is 4.81. The maximum absolute atomic E-state index is 9.69. The summed E-state index contributed by atoms with van der Waals surface area (Å²) in [6.07, 6.45) is 3.74. The molecule has 0 rings (SSSR count). The van der Waals surface area contributed by atoms with Crippen LogP contribution in [-0.2, 0) is 0 Å². The fraction of sp³-hybridized carbons (Fsp3) is 0.700. The quantitative estimate of drug-likeness (QED) is 0.606. The molecule has 0 atom stereocenters. The molecule has 1 nitrogen and oxygen atoms in total. The average molecular weight is 154 g/mol. The molecule has 0 aromatic heterocycles. The molecule has 0 heterocycles. The van der Waals surface area contributed by atoms with E-state index in [1.807, 2.05) is 32.9 Å². The third kappa shape index (κ3) is 2.92. The summed E-state index contributed by atoms with van der Waals surface area (Å²) in [5, 5.41) is 9.69. The molecule has 0 saturated carbocycles. The van der Waals surface area contributed by atoms with Crippen molar-refractivity contribution in [3.63, 3.8) is 0 Å². The van der Waals surface area contributed by atoms with Crippen molar-refractivity contribution in [3.8, 4) is 0 Å². The van der Waals surface area contributed by atoms with Crippen molar-refractivity contribution in [3.05, 3.63) is 17.9 Å². The Morgan fingerprint density at radius 3 is 1.91 bits per heavy atom. The van der Waals surface area contributed by atoms with Crippen LogP contribution in [-0.4, -0.2) is 10.7 Å². The van der Waals surface area contributed by atoms with Crippen molar-refractivity contribution in [2.45, 2.75) is 40.2 Å². The van der Waals surface area contributed by atoms with Crippen LogP contribution in [0.15, 0.2) is 17.9 Å². The molecule has 0 fully saturated rings. The normalized spacial score (nSPS) is 12.2. The Labute approximate surface area is 69.4 Å². The lowest BCUT2D eigenvalue weighted by Crippen LogP contribution is -2.36. The van der Waals surface area contributed by atoms with Gasteiger partial charge >= 0.3 is 0 Å². The summed E-state index contributed by atoms with van der Waals surface area (Å²) in [7, 11) is 0. The van der Waals surface area contributed by atoms with Gasteiger partial charge in [-0.15, -0.1) is 5.73 Å². The zero-order valence-electron chi connectivity index (χ0n) is 8.10. The minimum atomic E-state index is -0.691. The van der Waals surface area contributed by atoms with Crippen LogP contribution in [0.2, 0.25) is 0 Å². The molecule has 0 unspecified atom stereocenters. The molecule has 0 aromatic rings. The van der Waals surface area contributed by atoms with Crippen molar-refractivity contribution in [1.29, 1.82) is 0 Å². The predicted molar refractivity (Wildman–Crippen MR) is 48.4 cm³/mol. The van der Waals surface area contributed by atoms with Gasteiger partial charge in [-0.25, -0.2) is 0 Å². The van der Waals surface area contributed by atoms with Gasteiger partial charge in [0, 0.05) is 5.41 Å². The Balaban J connectivity index is 4.60. The Hall–Kier alpha value is -0.520. The summed E-state index contributed by atoms with van der Waals surface area (Å²) < 4.78 is 0. The molecule has 11 heavy (non-hydrogen) atoms. The molecule has 0 saturated heterocycles. The SMILES string of the molecule is CC=C=CC(C)(C)C(C)(C)O. The predicted octanol–water partition coefficient (Wildman–Crippen LogP) is 2.51. The number of aliphatic hydroxyl groups is 1. The lowest BCUT2D eigenvalue weighted by Gasteiger charge is -2.33. The fourth-order valence-electron chi connectivity index (χ4n) is 0.468. The molecule has 1 heteroatoms. The highest BCUT2D eigenvalue weighted by atomic mass is 16.3. The van der Waals surface area contributed by atoms with Crippen LogP contribution in [0.5, 0.6) is 0 Å². The average Bonchev–Trinajstić information content (AvgIpc) is 1.81. The lowest BCUT2D eigenvalue weighted by molar-refractivity contribution is -0.00728.